The first kappa shape index (κ1) is 7.35. The molecule has 0 atom stereocenters. The van der Waals surface area contributed by atoms with Gasteiger partial charge in [0.2, 0.25) is 0 Å². The molecule has 0 N–H and O–H groups in total. The summed E-state index contributed by atoms with van der Waals surface area (Å²) in [4.78, 5) is 4.30. The summed E-state index contributed by atoms with van der Waals surface area (Å²) in [6.45, 7) is 0. The number of aryl methyl sites for hydroxylation is 1. The van der Waals surface area contributed by atoms with Crippen LogP contribution in [0.4, 0.5) is 0 Å². The number of hydrogen-bond acceptors (Lipinski definition) is 1. The van der Waals surface area contributed by atoms with Crippen LogP contribution in [0, 0.1) is 0 Å². The number of allylic oxidation sites excluding steroid dienone is 4. The predicted octanol–water partition coefficient (Wildman–Crippen LogP) is 2.15. The molecule has 0 amide bonds. The second kappa shape index (κ2) is 2.97. The second-order valence-corrected chi connectivity index (χ2v) is 3.02. The fraction of sp³-hybridized carbons (Fsp3) is 0.300. The summed E-state index contributed by atoms with van der Waals surface area (Å²) in [5.74, 6) is 1.10. The molecule has 0 aromatic carbocycles. The largest absolute Gasteiger partial charge is 0.334 e. The fourth-order valence-corrected chi connectivity index (χ4v) is 1.46. The molecule has 1 aromatic heterocycles. The first-order chi connectivity index (χ1) is 5.88. The van der Waals surface area contributed by atoms with Crippen molar-refractivity contribution < 1.29 is 0 Å². The van der Waals surface area contributed by atoms with Crippen molar-refractivity contribution in [3.05, 3.63) is 36.4 Å². The molecule has 0 unspecified atom stereocenters. The van der Waals surface area contributed by atoms with E-state index in [0.717, 1.165) is 18.7 Å². The molecular weight excluding hydrogens is 148 g/mol. The van der Waals surface area contributed by atoms with Gasteiger partial charge in [-0.25, -0.2) is 4.98 Å². The third-order valence-corrected chi connectivity index (χ3v) is 2.12. The number of nitrogens with zero attached hydrogens (tertiary/aromatic N) is 2. The number of rotatable bonds is 1. The standard InChI is InChI=1S/C10H12N2/c1-12-8-7-11-10(12)9-5-3-2-4-6-9/h2-3,5,7-8H,4,6H2,1H3. The number of imidazole rings is 1. The molecule has 2 nitrogen and oxygen atoms in total. The van der Waals surface area contributed by atoms with Crippen molar-refractivity contribution in [3.8, 4) is 0 Å². The van der Waals surface area contributed by atoms with Gasteiger partial charge >= 0.3 is 0 Å². The minimum absolute atomic E-state index is 1.10. The van der Waals surface area contributed by atoms with Crippen molar-refractivity contribution in [2.45, 2.75) is 12.8 Å². The molecule has 1 aromatic rings. The molecule has 1 aliphatic carbocycles. The SMILES string of the molecule is Cn1ccnc1C1=CC=CCC1. The Morgan fingerprint density at radius 2 is 2.42 bits per heavy atom. The van der Waals surface area contributed by atoms with Gasteiger partial charge in [0.25, 0.3) is 0 Å². The zero-order valence-corrected chi connectivity index (χ0v) is 7.20. The molecule has 0 aliphatic heterocycles. The zero-order chi connectivity index (χ0) is 8.39. The van der Waals surface area contributed by atoms with Crippen LogP contribution in [0.15, 0.2) is 30.6 Å². The molecule has 62 valence electrons. The quantitative estimate of drug-likeness (QED) is 0.615. The van der Waals surface area contributed by atoms with E-state index < -0.39 is 0 Å². The summed E-state index contributed by atoms with van der Waals surface area (Å²) >= 11 is 0. The number of aromatic nitrogens is 2. The van der Waals surface area contributed by atoms with E-state index >= 15 is 0 Å². The Morgan fingerprint density at radius 1 is 1.50 bits per heavy atom. The first-order valence-corrected chi connectivity index (χ1v) is 4.21. The van der Waals surface area contributed by atoms with Gasteiger partial charge < -0.3 is 4.57 Å². The van der Waals surface area contributed by atoms with Crippen LogP contribution in [0.2, 0.25) is 0 Å². The molecule has 0 fully saturated rings. The normalized spacial score (nSPS) is 16.2. The van der Waals surface area contributed by atoms with Crippen LogP contribution >= 0.6 is 0 Å². The Balaban J connectivity index is 2.36. The third kappa shape index (κ3) is 1.20. The average molecular weight is 160 g/mol. The van der Waals surface area contributed by atoms with E-state index in [1.807, 2.05) is 19.4 Å². The van der Waals surface area contributed by atoms with Crippen LogP contribution in [0.3, 0.4) is 0 Å². The van der Waals surface area contributed by atoms with E-state index in [4.69, 9.17) is 0 Å². The Hall–Kier alpha value is -1.31. The maximum absolute atomic E-state index is 4.30. The summed E-state index contributed by atoms with van der Waals surface area (Å²) in [5, 5.41) is 0. The van der Waals surface area contributed by atoms with Crippen molar-refractivity contribution in [1.82, 2.24) is 9.55 Å². The van der Waals surface area contributed by atoms with Gasteiger partial charge in [-0.15, -0.1) is 0 Å². The van der Waals surface area contributed by atoms with Crippen LogP contribution in [-0.4, -0.2) is 9.55 Å². The van der Waals surface area contributed by atoms with Crippen molar-refractivity contribution in [2.24, 2.45) is 7.05 Å². The van der Waals surface area contributed by atoms with Gasteiger partial charge in [0.15, 0.2) is 0 Å². The Morgan fingerprint density at radius 3 is 3.00 bits per heavy atom. The first-order valence-electron chi connectivity index (χ1n) is 4.21. The Bertz CT molecular complexity index is 331. The minimum Gasteiger partial charge on any atom is -0.334 e. The lowest BCUT2D eigenvalue weighted by atomic mass is 10.0. The van der Waals surface area contributed by atoms with E-state index in [9.17, 15) is 0 Å². The van der Waals surface area contributed by atoms with Gasteiger partial charge in [0, 0.05) is 19.4 Å². The van der Waals surface area contributed by atoms with Gasteiger partial charge in [-0.05, 0) is 18.4 Å². The van der Waals surface area contributed by atoms with Gasteiger partial charge in [0.1, 0.15) is 5.82 Å². The van der Waals surface area contributed by atoms with E-state index in [2.05, 4.69) is 27.8 Å². The van der Waals surface area contributed by atoms with E-state index in [-0.39, 0.29) is 0 Å². The van der Waals surface area contributed by atoms with Crippen LogP contribution < -0.4 is 0 Å². The fourth-order valence-electron chi connectivity index (χ4n) is 1.46. The van der Waals surface area contributed by atoms with E-state index in [1.54, 1.807) is 0 Å². The van der Waals surface area contributed by atoms with Crippen molar-refractivity contribution in [1.29, 1.82) is 0 Å². The van der Waals surface area contributed by atoms with Crippen molar-refractivity contribution in [2.75, 3.05) is 0 Å². The highest BCUT2D eigenvalue weighted by Gasteiger charge is 2.06. The van der Waals surface area contributed by atoms with Crippen molar-refractivity contribution >= 4 is 5.57 Å². The summed E-state index contributed by atoms with van der Waals surface area (Å²) in [5.41, 5.74) is 1.34. The molecule has 2 rings (SSSR count). The topological polar surface area (TPSA) is 17.8 Å². The molecule has 12 heavy (non-hydrogen) atoms. The molecule has 0 bridgehead atoms. The monoisotopic (exact) mass is 160 g/mol. The van der Waals surface area contributed by atoms with E-state index in [1.165, 1.54) is 5.57 Å². The Kier molecular flexibility index (Phi) is 1.82. The lowest BCUT2D eigenvalue weighted by Gasteiger charge is -2.07. The molecule has 1 aliphatic rings. The smallest absolute Gasteiger partial charge is 0.135 e. The van der Waals surface area contributed by atoms with Gasteiger partial charge in [-0.3, -0.25) is 0 Å². The lowest BCUT2D eigenvalue weighted by molar-refractivity contribution is 0.872. The van der Waals surface area contributed by atoms with Crippen LogP contribution in [0.25, 0.3) is 5.57 Å². The van der Waals surface area contributed by atoms with Gasteiger partial charge in [-0.1, -0.05) is 18.2 Å². The van der Waals surface area contributed by atoms with Crippen LogP contribution in [0.1, 0.15) is 18.7 Å². The summed E-state index contributed by atoms with van der Waals surface area (Å²) < 4.78 is 2.06. The zero-order valence-electron chi connectivity index (χ0n) is 7.20. The molecular formula is C10H12N2. The highest BCUT2D eigenvalue weighted by molar-refractivity contribution is 5.63. The maximum atomic E-state index is 4.30. The molecule has 0 saturated carbocycles. The molecule has 2 heteroatoms. The maximum Gasteiger partial charge on any atom is 0.135 e. The van der Waals surface area contributed by atoms with Crippen LogP contribution in [-0.2, 0) is 7.05 Å². The average Bonchev–Trinajstić information content (AvgIpc) is 2.53. The number of hydrogen-bond donors (Lipinski definition) is 0. The Labute approximate surface area is 72.2 Å². The summed E-state index contributed by atoms with van der Waals surface area (Å²) in [6, 6.07) is 0. The predicted molar refractivity (Wildman–Crippen MR) is 49.6 cm³/mol. The minimum atomic E-state index is 1.10. The third-order valence-electron chi connectivity index (χ3n) is 2.12. The van der Waals surface area contributed by atoms with Crippen LogP contribution in [0.5, 0.6) is 0 Å². The van der Waals surface area contributed by atoms with Gasteiger partial charge in [0.05, 0.1) is 0 Å². The lowest BCUT2D eigenvalue weighted by Crippen LogP contribution is -1.97. The molecule has 0 radical (unpaired) electrons. The van der Waals surface area contributed by atoms with E-state index in [0.29, 0.717) is 0 Å². The second-order valence-electron chi connectivity index (χ2n) is 3.02. The molecule has 1 heterocycles. The summed E-state index contributed by atoms with van der Waals surface area (Å²) in [7, 11) is 2.03. The molecule has 0 saturated heterocycles. The van der Waals surface area contributed by atoms with Gasteiger partial charge in [-0.2, -0.15) is 0 Å². The summed E-state index contributed by atoms with van der Waals surface area (Å²) in [6.07, 6.45) is 12.5. The highest BCUT2D eigenvalue weighted by atomic mass is 15.0. The van der Waals surface area contributed by atoms with Crippen molar-refractivity contribution in [3.63, 3.8) is 0 Å². The highest BCUT2D eigenvalue weighted by Crippen LogP contribution is 2.20. The molecule has 0 spiro atoms.